The lowest BCUT2D eigenvalue weighted by atomic mass is 10.1. The Morgan fingerprint density at radius 2 is 2.00 bits per heavy atom. The van der Waals surface area contributed by atoms with Crippen LogP contribution >= 0.6 is 0 Å². The number of hydrogen-bond acceptors (Lipinski definition) is 3. The topological polar surface area (TPSA) is 58.4 Å². The van der Waals surface area contributed by atoms with Crippen LogP contribution in [0.5, 0.6) is 0 Å². The lowest BCUT2D eigenvalue weighted by Gasteiger charge is -2.12. The molecule has 1 amide bonds. The van der Waals surface area contributed by atoms with Crippen molar-refractivity contribution in [2.24, 2.45) is 5.84 Å². The highest BCUT2D eigenvalue weighted by Crippen LogP contribution is 2.14. The van der Waals surface area contributed by atoms with Gasteiger partial charge in [-0.3, -0.25) is 10.6 Å². The number of carbonyl (C=O) groups excluding carboxylic acids is 1. The second-order valence-corrected chi connectivity index (χ2v) is 3.43. The molecule has 0 spiro atoms. The lowest BCUT2D eigenvalue weighted by molar-refractivity contribution is 0.0827. The van der Waals surface area contributed by atoms with Crippen LogP contribution < -0.4 is 11.3 Å². The highest BCUT2D eigenvalue weighted by Gasteiger charge is 2.08. The molecule has 1 aromatic rings. The van der Waals surface area contributed by atoms with Crippen LogP contribution in [0.1, 0.15) is 15.9 Å². The number of hydrogen-bond donors (Lipinski definition) is 2. The van der Waals surface area contributed by atoms with Crippen molar-refractivity contribution in [2.75, 3.05) is 19.5 Å². The first-order chi connectivity index (χ1) is 6.54. The molecule has 14 heavy (non-hydrogen) atoms. The maximum absolute atomic E-state index is 11.6. The van der Waals surface area contributed by atoms with Crippen molar-refractivity contribution in [3.63, 3.8) is 0 Å². The molecule has 0 heterocycles. The molecular weight excluding hydrogens is 178 g/mol. The van der Waals surface area contributed by atoms with Crippen molar-refractivity contribution < 1.29 is 4.79 Å². The highest BCUT2D eigenvalue weighted by atomic mass is 16.2. The van der Waals surface area contributed by atoms with Crippen molar-refractivity contribution >= 4 is 11.6 Å². The smallest absolute Gasteiger partial charge is 0.253 e. The first kappa shape index (κ1) is 10.5. The summed E-state index contributed by atoms with van der Waals surface area (Å²) in [4.78, 5) is 13.2. The van der Waals surface area contributed by atoms with E-state index in [0.717, 1.165) is 11.3 Å². The number of carbonyl (C=O) groups is 1. The van der Waals surface area contributed by atoms with Crippen molar-refractivity contribution in [1.82, 2.24) is 4.90 Å². The van der Waals surface area contributed by atoms with Crippen molar-refractivity contribution in [3.8, 4) is 0 Å². The van der Waals surface area contributed by atoms with Gasteiger partial charge in [-0.1, -0.05) is 0 Å². The zero-order chi connectivity index (χ0) is 10.7. The quantitative estimate of drug-likeness (QED) is 0.544. The lowest BCUT2D eigenvalue weighted by Crippen LogP contribution is -2.22. The first-order valence-corrected chi connectivity index (χ1v) is 4.34. The van der Waals surface area contributed by atoms with Gasteiger partial charge in [-0.2, -0.15) is 0 Å². The summed E-state index contributed by atoms with van der Waals surface area (Å²) in [6, 6.07) is 5.45. The van der Waals surface area contributed by atoms with Crippen LogP contribution in [0.2, 0.25) is 0 Å². The molecule has 0 aliphatic heterocycles. The zero-order valence-corrected chi connectivity index (χ0v) is 8.66. The average Bonchev–Trinajstić information content (AvgIpc) is 2.15. The number of anilines is 1. The number of nitrogens with one attached hydrogen (secondary N) is 1. The molecular formula is C10H15N3O. The number of nitrogens with zero attached hydrogens (tertiary/aromatic N) is 1. The Balaban J connectivity index is 3.09. The summed E-state index contributed by atoms with van der Waals surface area (Å²) in [5, 5.41) is 0. The van der Waals surface area contributed by atoms with Crippen LogP contribution in [0.15, 0.2) is 18.2 Å². The number of benzene rings is 1. The van der Waals surface area contributed by atoms with Gasteiger partial charge in [0.1, 0.15) is 0 Å². The van der Waals surface area contributed by atoms with E-state index >= 15 is 0 Å². The molecule has 4 nitrogen and oxygen atoms in total. The minimum absolute atomic E-state index is 0.0230. The SMILES string of the molecule is Cc1cc(NN)cc(C(=O)N(C)C)c1. The number of amides is 1. The number of hydrazine groups is 1. The Kier molecular flexibility index (Phi) is 3.09. The van der Waals surface area contributed by atoms with Gasteiger partial charge >= 0.3 is 0 Å². The average molecular weight is 193 g/mol. The number of rotatable bonds is 2. The van der Waals surface area contributed by atoms with Gasteiger partial charge in [0.2, 0.25) is 0 Å². The van der Waals surface area contributed by atoms with E-state index in [-0.39, 0.29) is 5.91 Å². The Labute approximate surface area is 83.7 Å². The molecule has 0 saturated carbocycles. The predicted molar refractivity (Wildman–Crippen MR) is 57.0 cm³/mol. The van der Waals surface area contributed by atoms with Crippen LogP contribution in [0.4, 0.5) is 5.69 Å². The van der Waals surface area contributed by atoms with Gasteiger partial charge in [0.05, 0.1) is 0 Å². The van der Waals surface area contributed by atoms with E-state index in [1.807, 2.05) is 19.1 Å². The van der Waals surface area contributed by atoms with Gasteiger partial charge in [-0.15, -0.1) is 0 Å². The van der Waals surface area contributed by atoms with E-state index in [0.29, 0.717) is 5.56 Å². The normalized spacial score (nSPS) is 9.71. The van der Waals surface area contributed by atoms with Crippen molar-refractivity contribution in [1.29, 1.82) is 0 Å². The van der Waals surface area contributed by atoms with Crippen molar-refractivity contribution in [3.05, 3.63) is 29.3 Å². The fourth-order valence-electron chi connectivity index (χ4n) is 1.25. The summed E-state index contributed by atoms with van der Waals surface area (Å²) in [6.07, 6.45) is 0. The second-order valence-electron chi connectivity index (χ2n) is 3.43. The number of aryl methyl sites for hydroxylation is 1. The van der Waals surface area contributed by atoms with Crippen LogP contribution in [-0.4, -0.2) is 24.9 Å². The second kappa shape index (κ2) is 4.11. The Morgan fingerprint density at radius 1 is 1.36 bits per heavy atom. The number of nitrogen functional groups attached to an aromatic ring is 1. The van der Waals surface area contributed by atoms with Crippen LogP contribution in [0.3, 0.4) is 0 Å². The molecule has 0 aromatic heterocycles. The molecule has 0 bridgehead atoms. The molecule has 0 fully saturated rings. The minimum Gasteiger partial charge on any atom is -0.345 e. The van der Waals surface area contributed by atoms with Gasteiger partial charge in [0.15, 0.2) is 0 Å². The van der Waals surface area contributed by atoms with Crippen LogP contribution in [0.25, 0.3) is 0 Å². The molecule has 3 N–H and O–H groups in total. The van der Waals surface area contributed by atoms with Crippen LogP contribution in [-0.2, 0) is 0 Å². The van der Waals surface area contributed by atoms with Gasteiger partial charge < -0.3 is 10.3 Å². The maximum Gasteiger partial charge on any atom is 0.253 e. The third kappa shape index (κ3) is 2.23. The largest absolute Gasteiger partial charge is 0.345 e. The minimum atomic E-state index is -0.0230. The summed E-state index contributed by atoms with van der Waals surface area (Å²) >= 11 is 0. The van der Waals surface area contributed by atoms with Gasteiger partial charge in [0.25, 0.3) is 5.91 Å². The third-order valence-corrected chi connectivity index (χ3v) is 1.90. The molecule has 1 rings (SSSR count). The van der Waals surface area contributed by atoms with Gasteiger partial charge in [0, 0.05) is 25.3 Å². The third-order valence-electron chi connectivity index (χ3n) is 1.90. The Bertz CT molecular complexity index is 347. The fourth-order valence-corrected chi connectivity index (χ4v) is 1.25. The van der Waals surface area contributed by atoms with E-state index in [9.17, 15) is 4.79 Å². The van der Waals surface area contributed by atoms with Crippen molar-refractivity contribution in [2.45, 2.75) is 6.92 Å². The molecule has 1 aromatic carbocycles. The van der Waals surface area contributed by atoms with E-state index < -0.39 is 0 Å². The maximum atomic E-state index is 11.6. The standard InChI is InChI=1S/C10H15N3O/c1-7-4-8(10(14)13(2)3)6-9(5-7)12-11/h4-6,12H,11H2,1-3H3. The molecule has 76 valence electrons. The Morgan fingerprint density at radius 3 is 2.50 bits per heavy atom. The molecule has 0 aliphatic carbocycles. The highest BCUT2D eigenvalue weighted by molar-refractivity contribution is 5.95. The summed E-state index contributed by atoms with van der Waals surface area (Å²) < 4.78 is 0. The van der Waals surface area contributed by atoms with Gasteiger partial charge in [-0.25, -0.2) is 0 Å². The van der Waals surface area contributed by atoms with Crippen LogP contribution in [0, 0.1) is 6.92 Å². The molecule has 0 aliphatic rings. The zero-order valence-electron chi connectivity index (χ0n) is 8.66. The summed E-state index contributed by atoms with van der Waals surface area (Å²) in [5.41, 5.74) is 4.92. The predicted octanol–water partition coefficient (Wildman–Crippen LogP) is 0.982. The Hall–Kier alpha value is -1.55. The van der Waals surface area contributed by atoms with E-state index in [2.05, 4.69) is 5.43 Å². The van der Waals surface area contributed by atoms with E-state index in [4.69, 9.17) is 5.84 Å². The fraction of sp³-hybridized carbons (Fsp3) is 0.300. The van der Waals surface area contributed by atoms with Gasteiger partial charge in [-0.05, 0) is 30.7 Å². The summed E-state index contributed by atoms with van der Waals surface area (Å²) in [5.74, 6) is 5.27. The molecule has 0 saturated heterocycles. The van der Waals surface area contributed by atoms with E-state index in [1.54, 1.807) is 20.2 Å². The molecule has 0 atom stereocenters. The first-order valence-electron chi connectivity index (χ1n) is 4.34. The monoisotopic (exact) mass is 193 g/mol. The molecule has 0 radical (unpaired) electrons. The molecule has 0 unspecified atom stereocenters. The number of nitrogens with two attached hydrogens (primary N) is 1. The summed E-state index contributed by atoms with van der Waals surface area (Å²) in [6.45, 7) is 1.92. The molecule has 4 heteroatoms. The van der Waals surface area contributed by atoms with E-state index in [1.165, 1.54) is 4.90 Å². The summed E-state index contributed by atoms with van der Waals surface area (Å²) in [7, 11) is 3.44.